The number of hydrogen-bond acceptors (Lipinski definition) is 4. The van der Waals surface area contributed by atoms with Crippen molar-refractivity contribution in [2.75, 3.05) is 6.54 Å². The summed E-state index contributed by atoms with van der Waals surface area (Å²) in [5.41, 5.74) is 1.06. The molecule has 1 aromatic rings. The Morgan fingerprint density at radius 2 is 2.29 bits per heavy atom. The molecule has 94 valence electrons. The Balaban J connectivity index is 2.07. The van der Waals surface area contributed by atoms with Crippen LogP contribution in [0.2, 0.25) is 0 Å². The highest BCUT2D eigenvalue weighted by molar-refractivity contribution is 7.11. The molecule has 1 unspecified atom stereocenters. The van der Waals surface area contributed by atoms with Gasteiger partial charge >= 0.3 is 5.97 Å². The Morgan fingerprint density at radius 1 is 1.53 bits per heavy atom. The van der Waals surface area contributed by atoms with Gasteiger partial charge in [-0.15, -0.1) is 11.3 Å². The van der Waals surface area contributed by atoms with Crippen LogP contribution in [-0.4, -0.2) is 33.5 Å². The number of carboxylic acids is 1. The summed E-state index contributed by atoms with van der Waals surface area (Å²) in [5.74, 6) is -0.699. The maximum Gasteiger partial charge on any atom is 0.320 e. The largest absolute Gasteiger partial charge is 0.480 e. The van der Waals surface area contributed by atoms with Gasteiger partial charge in [0.25, 0.3) is 0 Å². The molecule has 0 saturated carbocycles. The number of aromatic nitrogens is 1. The second-order valence-electron chi connectivity index (χ2n) is 4.57. The smallest absolute Gasteiger partial charge is 0.320 e. The third-order valence-corrected chi connectivity index (χ3v) is 4.37. The van der Waals surface area contributed by atoms with Gasteiger partial charge < -0.3 is 5.11 Å². The van der Waals surface area contributed by atoms with Gasteiger partial charge in [0.05, 0.1) is 12.2 Å². The molecule has 0 aromatic carbocycles. The van der Waals surface area contributed by atoms with Crippen LogP contribution in [0.3, 0.4) is 0 Å². The number of aliphatic carboxylic acids is 1. The standard InChI is InChI=1S/C12H18N2O2S/c1-8-9(2)17-11(13-8)7-14-6-4-3-5-10(14)12(15)16/h10H,3-7H2,1-2H3,(H,15,16). The van der Waals surface area contributed by atoms with E-state index in [1.165, 1.54) is 4.88 Å². The first-order chi connectivity index (χ1) is 8.08. The minimum atomic E-state index is -0.699. The fourth-order valence-corrected chi connectivity index (χ4v) is 3.20. The van der Waals surface area contributed by atoms with Crippen molar-refractivity contribution in [1.29, 1.82) is 0 Å². The summed E-state index contributed by atoms with van der Waals surface area (Å²) in [6, 6.07) is -0.326. The number of piperidine rings is 1. The lowest BCUT2D eigenvalue weighted by molar-refractivity contribution is -0.144. The number of hydrogen-bond donors (Lipinski definition) is 1. The van der Waals surface area contributed by atoms with Crippen molar-refractivity contribution in [2.45, 2.75) is 45.7 Å². The summed E-state index contributed by atoms with van der Waals surface area (Å²) in [6.07, 6.45) is 2.87. The Hall–Kier alpha value is -0.940. The molecule has 2 rings (SSSR count). The zero-order valence-electron chi connectivity index (χ0n) is 10.3. The Kier molecular flexibility index (Phi) is 3.79. The van der Waals surface area contributed by atoms with E-state index in [0.29, 0.717) is 6.54 Å². The molecular formula is C12H18N2O2S. The quantitative estimate of drug-likeness (QED) is 0.898. The van der Waals surface area contributed by atoms with Crippen molar-refractivity contribution in [3.63, 3.8) is 0 Å². The van der Waals surface area contributed by atoms with E-state index in [0.717, 1.165) is 36.5 Å². The number of rotatable bonds is 3. The number of likely N-dealkylation sites (tertiary alicyclic amines) is 1. The molecule has 1 N–H and O–H groups in total. The third-order valence-electron chi connectivity index (χ3n) is 3.31. The number of carbonyl (C=O) groups is 1. The van der Waals surface area contributed by atoms with Crippen LogP contribution in [0.15, 0.2) is 0 Å². The van der Waals surface area contributed by atoms with Gasteiger partial charge in [-0.3, -0.25) is 9.69 Å². The molecule has 1 aliphatic rings. The molecule has 1 fully saturated rings. The zero-order valence-corrected chi connectivity index (χ0v) is 11.1. The van der Waals surface area contributed by atoms with Crippen LogP contribution >= 0.6 is 11.3 Å². The normalized spacial score (nSPS) is 21.6. The van der Waals surface area contributed by atoms with Crippen molar-refractivity contribution >= 4 is 17.3 Å². The lowest BCUT2D eigenvalue weighted by atomic mass is 10.0. The van der Waals surface area contributed by atoms with E-state index in [4.69, 9.17) is 0 Å². The molecule has 5 heteroatoms. The monoisotopic (exact) mass is 254 g/mol. The van der Waals surface area contributed by atoms with E-state index in [1.807, 2.05) is 11.8 Å². The first-order valence-corrected chi connectivity index (χ1v) is 6.79. The first-order valence-electron chi connectivity index (χ1n) is 5.97. The highest BCUT2D eigenvalue weighted by Crippen LogP contribution is 2.23. The van der Waals surface area contributed by atoms with E-state index >= 15 is 0 Å². The minimum absolute atomic E-state index is 0.326. The van der Waals surface area contributed by atoms with Gasteiger partial charge in [-0.2, -0.15) is 0 Å². The van der Waals surface area contributed by atoms with Gasteiger partial charge in [0.1, 0.15) is 11.0 Å². The van der Waals surface area contributed by atoms with E-state index in [2.05, 4.69) is 11.9 Å². The lowest BCUT2D eigenvalue weighted by Gasteiger charge is -2.31. The van der Waals surface area contributed by atoms with E-state index in [1.54, 1.807) is 11.3 Å². The molecule has 0 aliphatic carbocycles. The summed E-state index contributed by atoms with van der Waals surface area (Å²) < 4.78 is 0. The van der Waals surface area contributed by atoms with E-state index in [-0.39, 0.29) is 6.04 Å². The average molecular weight is 254 g/mol. The second-order valence-corrected chi connectivity index (χ2v) is 5.86. The molecule has 0 bridgehead atoms. The van der Waals surface area contributed by atoms with Crippen LogP contribution in [0.1, 0.15) is 34.8 Å². The summed E-state index contributed by atoms with van der Waals surface area (Å²) in [4.78, 5) is 18.9. The molecule has 2 heterocycles. The van der Waals surface area contributed by atoms with Crippen LogP contribution in [-0.2, 0) is 11.3 Å². The summed E-state index contributed by atoms with van der Waals surface area (Å²) >= 11 is 1.68. The highest BCUT2D eigenvalue weighted by Gasteiger charge is 2.28. The van der Waals surface area contributed by atoms with Crippen molar-refractivity contribution in [1.82, 2.24) is 9.88 Å². The molecule has 1 saturated heterocycles. The van der Waals surface area contributed by atoms with Crippen LogP contribution < -0.4 is 0 Å². The molecule has 1 aromatic heterocycles. The molecular weight excluding hydrogens is 236 g/mol. The van der Waals surface area contributed by atoms with E-state index in [9.17, 15) is 9.90 Å². The maximum absolute atomic E-state index is 11.2. The predicted molar refractivity (Wildman–Crippen MR) is 67.3 cm³/mol. The number of nitrogens with zero attached hydrogens (tertiary/aromatic N) is 2. The predicted octanol–water partition coefficient (Wildman–Crippen LogP) is 2.20. The maximum atomic E-state index is 11.2. The number of carboxylic acid groups (broad SMARTS) is 1. The van der Waals surface area contributed by atoms with E-state index < -0.39 is 5.97 Å². The molecule has 0 radical (unpaired) electrons. The summed E-state index contributed by atoms with van der Waals surface area (Å²) in [6.45, 7) is 5.60. The van der Waals surface area contributed by atoms with Gasteiger partial charge in [-0.25, -0.2) is 4.98 Å². The van der Waals surface area contributed by atoms with Gasteiger partial charge in [0.2, 0.25) is 0 Å². The van der Waals surface area contributed by atoms with Crippen molar-refractivity contribution < 1.29 is 9.90 Å². The van der Waals surface area contributed by atoms with Gasteiger partial charge in [0, 0.05) is 4.88 Å². The summed E-state index contributed by atoms with van der Waals surface area (Å²) in [5, 5.41) is 10.2. The summed E-state index contributed by atoms with van der Waals surface area (Å²) in [7, 11) is 0. The topological polar surface area (TPSA) is 53.4 Å². The second kappa shape index (κ2) is 5.14. The molecule has 4 nitrogen and oxygen atoms in total. The van der Waals surface area contributed by atoms with Crippen LogP contribution in [0.4, 0.5) is 0 Å². The highest BCUT2D eigenvalue weighted by atomic mass is 32.1. The SMILES string of the molecule is Cc1nc(CN2CCCCC2C(=O)O)sc1C. The molecule has 0 amide bonds. The van der Waals surface area contributed by atoms with Crippen molar-refractivity contribution in [3.05, 3.63) is 15.6 Å². The Labute approximate surface area is 105 Å². The van der Waals surface area contributed by atoms with Crippen molar-refractivity contribution in [3.8, 4) is 0 Å². The van der Waals surface area contributed by atoms with Crippen LogP contribution in [0, 0.1) is 13.8 Å². The zero-order chi connectivity index (χ0) is 12.4. The number of aryl methyl sites for hydroxylation is 2. The van der Waals surface area contributed by atoms with Gasteiger partial charge in [-0.1, -0.05) is 6.42 Å². The minimum Gasteiger partial charge on any atom is -0.480 e. The number of thiazole rings is 1. The Bertz CT molecular complexity index is 397. The fraction of sp³-hybridized carbons (Fsp3) is 0.667. The van der Waals surface area contributed by atoms with Gasteiger partial charge in [-0.05, 0) is 33.2 Å². The molecule has 17 heavy (non-hydrogen) atoms. The molecule has 1 aliphatic heterocycles. The van der Waals surface area contributed by atoms with Crippen molar-refractivity contribution in [2.24, 2.45) is 0 Å². The van der Waals surface area contributed by atoms with Crippen LogP contribution in [0.25, 0.3) is 0 Å². The average Bonchev–Trinajstić information content (AvgIpc) is 2.58. The Morgan fingerprint density at radius 3 is 2.88 bits per heavy atom. The van der Waals surface area contributed by atoms with Crippen LogP contribution in [0.5, 0.6) is 0 Å². The fourth-order valence-electron chi connectivity index (χ4n) is 2.24. The first kappa shape index (κ1) is 12.5. The molecule has 1 atom stereocenters. The van der Waals surface area contributed by atoms with Gasteiger partial charge in [0.15, 0.2) is 0 Å². The third kappa shape index (κ3) is 2.84. The molecule has 0 spiro atoms. The lowest BCUT2D eigenvalue weighted by Crippen LogP contribution is -2.43.